The Balaban J connectivity index is 3.16. The lowest BCUT2D eigenvalue weighted by Gasteiger charge is -1.86. The second kappa shape index (κ2) is 5.94. The minimum absolute atomic E-state index is 0.500. The topological polar surface area (TPSA) is 20.2 Å². The van der Waals surface area contributed by atoms with Gasteiger partial charge in [0.25, 0.3) is 0 Å². The Morgan fingerprint density at radius 2 is 2.33 bits per heavy atom. The summed E-state index contributed by atoms with van der Waals surface area (Å²) >= 11 is 5.39. The van der Waals surface area contributed by atoms with E-state index in [4.69, 9.17) is 16.7 Å². The van der Waals surface area contributed by atoms with Crippen molar-refractivity contribution in [1.29, 1.82) is 0 Å². The van der Waals surface area contributed by atoms with Gasteiger partial charge in [-0.2, -0.15) is 0 Å². The summed E-state index contributed by atoms with van der Waals surface area (Å²) in [5.41, 5.74) is 0. The molecule has 2 heteroatoms. The zero-order chi connectivity index (χ0) is 7.11. The molecule has 0 aromatic carbocycles. The van der Waals surface area contributed by atoms with Crippen molar-refractivity contribution in [2.75, 3.05) is 5.88 Å². The molecule has 0 unspecified atom stereocenters. The maximum atomic E-state index is 8.65. The molecule has 1 nitrogen and oxygen atoms in total. The number of aliphatic hydroxyl groups is 1. The van der Waals surface area contributed by atoms with Crippen LogP contribution in [0, 0.1) is 11.8 Å². The average molecular weight is 147 g/mol. The summed E-state index contributed by atoms with van der Waals surface area (Å²) in [6.07, 6.45) is 1.19. The zero-order valence-electron chi connectivity index (χ0n) is 5.52. The molecule has 0 aliphatic carbocycles. The third kappa shape index (κ3) is 7.81. The predicted octanol–water partition coefficient (Wildman–Crippen LogP) is 1.39. The standard InChI is InChI=1S/C7H11ClO/c1-7(9)5-3-2-4-6-8/h7,9H,2,4,6H2,1H3/t7-/m0/s1. The largest absolute Gasteiger partial charge is 0.381 e. The fourth-order valence-corrected chi connectivity index (χ4v) is 0.509. The summed E-state index contributed by atoms with van der Waals surface area (Å²) < 4.78 is 0. The van der Waals surface area contributed by atoms with Crippen molar-refractivity contribution in [3.05, 3.63) is 0 Å². The van der Waals surface area contributed by atoms with Gasteiger partial charge in [0.05, 0.1) is 0 Å². The molecular formula is C7H11ClO. The van der Waals surface area contributed by atoms with Crippen molar-refractivity contribution in [3.63, 3.8) is 0 Å². The van der Waals surface area contributed by atoms with Crippen LogP contribution in [0.25, 0.3) is 0 Å². The molecular weight excluding hydrogens is 136 g/mol. The molecule has 0 aliphatic heterocycles. The fourth-order valence-electron chi connectivity index (χ4n) is 0.375. The van der Waals surface area contributed by atoms with E-state index in [1.807, 2.05) is 0 Å². The second-order valence-corrected chi connectivity index (χ2v) is 2.17. The normalized spacial score (nSPS) is 11.9. The van der Waals surface area contributed by atoms with Gasteiger partial charge in [0, 0.05) is 12.3 Å². The first-order valence-corrected chi connectivity index (χ1v) is 3.53. The molecule has 0 bridgehead atoms. The van der Waals surface area contributed by atoms with E-state index in [1.165, 1.54) is 0 Å². The molecule has 0 aromatic heterocycles. The molecule has 1 N–H and O–H groups in total. The molecule has 0 aliphatic rings. The van der Waals surface area contributed by atoms with E-state index >= 15 is 0 Å². The maximum absolute atomic E-state index is 8.65. The van der Waals surface area contributed by atoms with Crippen molar-refractivity contribution in [1.82, 2.24) is 0 Å². The fraction of sp³-hybridized carbons (Fsp3) is 0.714. The molecule has 0 heterocycles. The van der Waals surface area contributed by atoms with Gasteiger partial charge in [-0.05, 0) is 13.3 Å². The van der Waals surface area contributed by atoms with Gasteiger partial charge in [-0.25, -0.2) is 0 Å². The molecule has 0 saturated heterocycles. The van der Waals surface area contributed by atoms with Crippen LogP contribution < -0.4 is 0 Å². The van der Waals surface area contributed by atoms with Crippen molar-refractivity contribution in [2.24, 2.45) is 0 Å². The number of hydrogen-bond donors (Lipinski definition) is 1. The summed E-state index contributed by atoms with van der Waals surface area (Å²) in [5, 5.41) is 8.65. The monoisotopic (exact) mass is 146 g/mol. The molecule has 0 fully saturated rings. The molecule has 0 radical (unpaired) electrons. The van der Waals surface area contributed by atoms with Crippen LogP contribution in [0.1, 0.15) is 19.8 Å². The SMILES string of the molecule is C[C@H](O)C#CCCCCl. The highest BCUT2D eigenvalue weighted by Gasteiger charge is 1.82. The Morgan fingerprint density at radius 1 is 1.67 bits per heavy atom. The van der Waals surface area contributed by atoms with Crippen molar-refractivity contribution >= 4 is 11.6 Å². The zero-order valence-corrected chi connectivity index (χ0v) is 6.28. The van der Waals surface area contributed by atoms with Crippen LogP contribution in [0.4, 0.5) is 0 Å². The van der Waals surface area contributed by atoms with Crippen molar-refractivity contribution < 1.29 is 5.11 Å². The number of halogens is 1. The van der Waals surface area contributed by atoms with Gasteiger partial charge in [-0.3, -0.25) is 0 Å². The molecule has 52 valence electrons. The van der Waals surface area contributed by atoms with E-state index in [9.17, 15) is 0 Å². The lowest BCUT2D eigenvalue weighted by Crippen LogP contribution is -1.92. The summed E-state index contributed by atoms with van der Waals surface area (Å²) in [4.78, 5) is 0. The second-order valence-electron chi connectivity index (χ2n) is 1.79. The summed E-state index contributed by atoms with van der Waals surface area (Å²) in [7, 11) is 0. The third-order valence-corrected chi connectivity index (χ3v) is 1.01. The van der Waals surface area contributed by atoms with E-state index in [2.05, 4.69) is 11.8 Å². The Labute approximate surface area is 61.0 Å². The van der Waals surface area contributed by atoms with Gasteiger partial charge < -0.3 is 5.11 Å². The van der Waals surface area contributed by atoms with Crippen LogP contribution in [0.3, 0.4) is 0 Å². The van der Waals surface area contributed by atoms with Crippen LogP contribution in [0.5, 0.6) is 0 Å². The minimum atomic E-state index is -0.500. The maximum Gasteiger partial charge on any atom is 0.111 e. The van der Waals surface area contributed by atoms with Crippen LogP contribution in [-0.4, -0.2) is 17.1 Å². The Bertz CT molecular complexity index is 110. The molecule has 0 amide bonds. The van der Waals surface area contributed by atoms with E-state index in [-0.39, 0.29) is 0 Å². The number of hydrogen-bond acceptors (Lipinski definition) is 1. The van der Waals surface area contributed by atoms with Crippen LogP contribution >= 0.6 is 11.6 Å². The van der Waals surface area contributed by atoms with Gasteiger partial charge in [-0.1, -0.05) is 5.92 Å². The summed E-state index contributed by atoms with van der Waals surface area (Å²) in [5.74, 6) is 6.08. The van der Waals surface area contributed by atoms with Gasteiger partial charge in [0.2, 0.25) is 0 Å². The molecule has 0 rings (SSSR count). The highest BCUT2D eigenvalue weighted by atomic mass is 35.5. The van der Waals surface area contributed by atoms with Gasteiger partial charge in [0.1, 0.15) is 6.10 Å². The van der Waals surface area contributed by atoms with Crippen LogP contribution in [-0.2, 0) is 0 Å². The Hall–Kier alpha value is -0.190. The van der Waals surface area contributed by atoms with E-state index < -0.39 is 6.10 Å². The first kappa shape index (κ1) is 8.81. The van der Waals surface area contributed by atoms with E-state index in [0.717, 1.165) is 12.8 Å². The minimum Gasteiger partial charge on any atom is -0.381 e. The number of alkyl halides is 1. The average Bonchev–Trinajstić information content (AvgIpc) is 1.80. The Kier molecular flexibility index (Phi) is 5.81. The van der Waals surface area contributed by atoms with E-state index in [0.29, 0.717) is 5.88 Å². The highest BCUT2D eigenvalue weighted by molar-refractivity contribution is 6.17. The molecule has 0 aromatic rings. The van der Waals surface area contributed by atoms with E-state index in [1.54, 1.807) is 6.92 Å². The molecule has 0 saturated carbocycles. The third-order valence-electron chi connectivity index (χ3n) is 0.746. The lowest BCUT2D eigenvalue weighted by atomic mass is 10.3. The number of aliphatic hydroxyl groups excluding tert-OH is 1. The van der Waals surface area contributed by atoms with Gasteiger partial charge >= 0.3 is 0 Å². The quantitative estimate of drug-likeness (QED) is 0.355. The van der Waals surface area contributed by atoms with Crippen LogP contribution in [0.15, 0.2) is 0 Å². The smallest absolute Gasteiger partial charge is 0.111 e. The van der Waals surface area contributed by atoms with Gasteiger partial charge in [-0.15, -0.1) is 17.5 Å². The molecule has 0 spiro atoms. The number of unbranched alkanes of at least 4 members (excludes halogenated alkanes) is 1. The van der Waals surface area contributed by atoms with Crippen LogP contribution in [0.2, 0.25) is 0 Å². The molecule has 1 atom stereocenters. The van der Waals surface area contributed by atoms with Gasteiger partial charge in [0.15, 0.2) is 0 Å². The predicted molar refractivity (Wildman–Crippen MR) is 39.4 cm³/mol. The first-order valence-electron chi connectivity index (χ1n) is 3.00. The van der Waals surface area contributed by atoms with Crippen molar-refractivity contribution in [2.45, 2.75) is 25.9 Å². The highest BCUT2D eigenvalue weighted by Crippen LogP contribution is 1.88. The molecule has 9 heavy (non-hydrogen) atoms. The Morgan fingerprint density at radius 3 is 2.78 bits per heavy atom. The number of rotatable bonds is 2. The summed E-state index contributed by atoms with van der Waals surface area (Å²) in [6.45, 7) is 1.65. The lowest BCUT2D eigenvalue weighted by molar-refractivity contribution is 0.253. The first-order chi connectivity index (χ1) is 4.27. The van der Waals surface area contributed by atoms with Crippen molar-refractivity contribution in [3.8, 4) is 11.8 Å². The summed E-state index contributed by atoms with van der Waals surface area (Å²) in [6, 6.07) is 0.